The lowest BCUT2D eigenvalue weighted by Crippen LogP contribution is -2.18. The minimum absolute atomic E-state index is 0.137. The van der Waals surface area contributed by atoms with E-state index in [-0.39, 0.29) is 11.5 Å². The van der Waals surface area contributed by atoms with Gasteiger partial charge in [0, 0.05) is 10.6 Å². The topological polar surface area (TPSA) is 77.0 Å². The molecule has 9 heteroatoms. The van der Waals surface area contributed by atoms with Gasteiger partial charge in [0.25, 0.3) is 10.0 Å². The van der Waals surface area contributed by atoms with Crippen LogP contribution in [0.4, 0.5) is 0 Å². The van der Waals surface area contributed by atoms with Crippen LogP contribution in [0.2, 0.25) is 5.02 Å². The van der Waals surface area contributed by atoms with Gasteiger partial charge < -0.3 is 9.47 Å². The Labute approximate surface area is 194 Å². The predicted octanol–water partition coefficient (Wildman–Crippen LogP) is 4.84. The van der Waals surface area contributed by atoms with Crippen LogP contribution >= 0.6 is 34.2 Å². The van der Waals surface area contributed by atoms with E-state index in [1.54, 1.807) is 30.3 Å². The number of hydrazone groups is 1. The van der Waals surface area contributed by atoms with E-state index >= 15 is 0 Å². The van der Waals surface area contributed by atoms with Gasteiger partial charge in [-0.05, 0) is 58.5 Å². The quantitative estimate of drug-likeness (QED) is 0.245. The summed E-state index contributed by atoms with van der Waals surface area (Å²) in [6.07, 6.45) is 1.41. The third kappa shape index (κ3) is 5.65. The molecule has 0 atom stereocenters. The number of hydrogen-bond donors (Lipinski definition) is 1. The second-order valence-electron chi connectivity index (χ2n) is 6.08. The van der Waals surface area contributed by atoms with Crippen LogP contribution in [0.3, 0.4) is 0 Å². The Bertz CT molecular complexity index is 1150. The summed E-state index contributed by atoms with van der Waals surface area (Å²) < 4.78 is 36.6. The normalized spacial score (nSPS) is 11.4. The molecule has 3 aromatic rings. The maximum Gasteiger partial charge on any atom is 0.276 e. The maximum absolute atomic E-state index is 12.2. The Balaban J connectivity index is 1.75. The van der Waals surface area contributed by atoms with E-state index in [1.807, 2.05) is 24.3 Å². The number of hydrogen-bond acceptors (Lipinski definition) is 5. The van der Waals surface area contributed by atoms with E-state index in [2.05, 4.69) is 32.5 Å². The first kappa shape index (κ1) is 22.4. The minimum atomic E-state index is -3.73. The smallest absolute Gasteiger partial charge is 0.276 e. The second kappa shape index (κ2) is 10.1. The molecule has 0 aliphatic heterocycles. The summed E-state index contributed by atoms with van der Waals surface area (Å²) in [6, 6.07) is 19.0. The predicted molar refractivity (Wildman–Crippen MR) is 126 cm³/mol. The van der Waals surface area contributed by atoms with Crippen molar-refractivity contribution in [2.24, 2.45) is 5.10 Å². The lowest BCUT2D eigenvalue weighted by atomic mass is 10.2. The van der Waals surface area contributed by atoms with Crippen molar-refractivity contribution in [1.29, 1.82) is 0 Å². The average Bonchev–Trinajstić information content (AvgIpc) is 2.74. The molecule has 0 aliphatic rings. The summed E-state index contributed by atoms with van der Waals surface area (Å²) >= 11 is 8.31. The van der Waals surface area contributed by atoms with Crippen LogP contribution in [0.5, 0.6) is 11.5 Å². The molecule has 0 heterocycles. The number of sulfonamides is 1. The Morgan fingerprint density at radius 1 is 1.10 bits per heavy atom. The van der Waals surface area contributed by atoms with Gasteiger partial charge in [0.05, 0.1) is 21.8 Å². The number of methoxy groups -OCH3 is 1. The molecule has 0 unspecified atom stereocenters. The van der Waals surface area contributed by atoms with Crippen LogP contribution in [0.25, 0.3) is 0 Å². The van der Waals surface area contributed by atoms with E-state index in [4.69, 9.17) is 21.1 Å². The Morgan fingerprint density at radius 3 is 2.50 bits per heavy atom. The van der Waals surface area contributed by atoms with Gasteiger partial charge in [-0.2, -0.15) is 13.5 Å². The summed E-state index contributed by atoms with van der Waals surface area (Å²) in [6.45, 7) is 0.288. The fourth-order valence-corrected chi connectivity index (χ4v) is 4.33. The third-order valence-electron chi connectivity index (χ3n) is 4.02. The number of halogens is 2. The number of ether oxygens (including phenoxy) is 2. The average molecular weight is 557 g/mol. The molecule has 0 spiro atoms. The van der Waals surface area contributed by atoms with Crippen LogP contribution in [0.1, 0.15) is 11.1 Å². The molecule has 6 nitrogen and oxygen atoms in total. The summed E-state index contributed by atoms with van der Waals surface area (Å²) in [5.41, 5.74) is 1.51. The van der Waals surface area contributed by atoms with Crippen LogP contribution in [-0.4, -0.2) is 21.7 Å². The number of rotatable bonds is 8. The summed E-state index contributed by atoms with van der Waals surface area (Å²) in [5.74, 6) is 1.07. The molecule has 3 rings (SSSR count). The molecule has 0 radical (unpaired) electrons. The van der Waals surface area contributed by atoms with Gasteiger partial charge in [-0.25, -0.2) is 4.83 Å². The van der Waals surface area contributed by atoms with E-state index < -0.39 is 10.0 Å². The van der Waals surface area contributed by atoms with E-state index in [9.17, 15) is 8.42 Å². The maximum atomic E-state index is 12.2. The fraction of sp³-hybridized carbons (Fsp3) is 0.0952. The Kier molecular flexibility index (Phi) is 7.57. The molecule has 0 aromatic heterocycles. The van der Waals surface area contributed by atoms with Crippen LogP contribution in [0.15, 0.2) is 76.7 Å². The Morgan fingerprint density at radius 2 is 1.80 bits per heavy atom. The standard InChI is InChI=1S/C21H18ClIN2O4S/c1-28-20-12-15(13-24-25-30(26,27)17-8-3-2-4-9-17)11-19(23)21(20)29-14-16-7-5-6-10-18(16)22/h2-13,25H,14H2,1H3/b24-13-. The first-order chi connectivity index (χ1) is 14.4. The number of nitrogens with one attached hydrogen (secondary N) is 1. The molecule has 0 aliphatic carbocycles. The highest BCUT2D eigenvalue weighted by Crippen LogP contribution is 2.34. The zero-order valence-corrected chi connectivity index (χ0v) is 19.6. The van der Waals surface area contributed by atoms with Gasteiger partial charge in [-0.15, -0.1) is 0 Å². The molecule has 0 bridgehead atoms. The fourth-order valence-electron chi connectivity index (χ4n) is 2.54. The molecule has 0 saturated heterocycles. The van der Waals surface area contributed by atoms with Gasteiger partial charge in [-0.3, -0.25) is 0 Å². The summed E-state index contributed by atoms with van der Waals surface area (Å²) in [7, 11) is -2.19. The second-order valence-corrected chi connectivity index (χ2v) is 9.31. The van der Waals surface area contributed by atoms with E-state index in [0.717, 1.165) is 9.13 Å². The lowest BCUT2D eigenvalue weighted by molar-refractivity contribution is 0.282. The van der Waals surface area contributed by atoms with Crippen LogP contribution < -0.4 is 14.3 Å². The number of nitrogens with zero attached hydrogens (tertiary/aromatic N) is 1. The lowest BCUT2D eigenvalue weighted by Gasteiger charge is -2.14. The zero-order chi connectivity index (χ0) is 21.6. The van der Waals surface area contributed by atoms with Crippen molar-refractivity contribution in [3.63, 3.8) is 0 Å². The van der Waals surface area contributed by atoms with Gasteiger partial charge in [0.15, 0.2) is 11.5 Å². The molecule has 3 aromatic carbocycles. The highest BCUT2D eigenvalue weighted by atomic mass is 127. The zero-order valence-electron chi connectivity index (χ0n) is 15.9. The van der Waals surface area contributed by atoms with Crippen LogP contribution in [-0.2, 0) is 16.6 Å². The van der Waals surface area contributed by atoms with Gasteiger partial charge >= 0.3 is 0 Å². The van der Waals surface area contributed by atoms with Crippen molar-refractivity contribution in [3.05, 3.63) is 86.4 Å². The van der Waals surface area contributed by atoms with E-state index in [0.29, 0.717) is 22.1 Å². The Hall–Kier alpha value is -2.30. The van der Waals surface area contributed by atoms with Gasteiger partial charge in [0.1, 0.15) is 6.61 Å². The SMILES string of the molecule is COc1cc(/C=N\NS(=O)(=O)c2ccccc2)cc(I)c1OCc1ccccc1Cl. The van der Waals surface area contributed by atoms with Crippen molar-refractivity contribution < 1.29 is 17.9 Å². The molecule has 0 amide bonds. The van der Waals surface area contributed by atoms with E-state index in [1.165, 1.54) is 25.5 Å². The molecule has 156 valence electrons. The highest BCUT2D eigenvalue weighted by molar-refractivity contribution is 14.1. The molecular weight excluding hydrogens is 539 g/mol. The number of benzene rings is 3. The van der Waals surface area contributed by atoms with Crippen molar-refractivity contribution in [2.45, 2.75) is 11.5 Å². The largest absolute Gasteiger partial charge is 0.493 e. The summed E-state index contributed by atoms with van der Waals surface area (Å²) in [4.78, 5) is 2.34. The van der Waals surface area contributed by atoms with Gasteiger partial charge in [0.2, 0.25) is 0 Å². The van der Waals surface area contributed by atoms with Gasteiger partial charge in [-0.1, -0.05) is 48.0 Å². The summed E-state index contributed by atoms with van der Waals surface area (Å²) in [5, 5.41) is 4.49. The van der Waals surface area contributed by atoms with Crippen molar-refractivity contribution in [3.8, 4) is 11.5 Å². The highest BCUT2D eigenvalue weighted by Gasteiger charge is 2.13. The first-order valence-electron chi connectivity index (χ1n) is 8.74. The first-order valence-corrected chi connectivity index (χ1v) is 11.7. The van der Waals surface area contributed by atoms with Crippen molar-refractivity contribution in [2.75, 3.05) is 7.11 Å². The van der Waals surface area contributed by atoms with Crippen LogP contribution in [0, 0.1) is 3.57 Å². The van der Waals surface area contributed by atoms with Crippen molar-refractivity contribution >= 4 is 50.4 Å². The molecular formula is C21H18ClIN2O4S. The molecule has 30 heavy (non-hydrogen) atoms. The monoisotopic (exact) mass is 556 g/mol. The van der Waals surface area contributed by atoms with Crippen molar-refractivity contribution in [1.82, 2.24) is 4.83 Å². The molecule has 0 fully saturated rings. The third-order valence-corrected chi connectivity index (χ3v) is 6.43. The minimum Gasteiger partial charge on any atom is -0.493 e. The molecule has 0 saturated carbocycles. The molecule has 1 N–H and O–H groups in total.